The highest BCUT2D eigenvalue weighted by Gasteiger charge is 2.42. The maximum Gasteiger partial charge on any atom is 0.124 e. The van der Waals surface area contributed by atoms with E-state index in [0.29, 0.717) is 6.42 Å². The van der Waals surface area contributed by atoms with E-state index in [0.717, 1.165) is 0 Å². The van der Waals surface area contributed by atoms with Gasteiger partial charge < -0.3 is 0 Å². The number of rotatable bonds is 4. The number of halogens is 2. The highest BCUT2D eigenvalue weighted by atomic mass is 35.5. The fourth-order valence-electron chi connectivity index (χ4n) is 1.68. The van der Waals surface area contributed by atoms with E-state index in [1.165, 1.54) is 0 Å². The van der Waals surface area contributed by atoms with Crippen molar-refractivity contribution in [1.82, 2.24) is 0 Å². The summed E-state index contributed by atoms with van der Waals surface area (Å²) < 4.78 is -0.735. The molecular formula is C14H24Cl2. The van der Waals surface area contributed by atoms with Crippen LogP contribution in [0.15, 0.2) is 24.3 Å². The lowest BCUT2D eigenvalue weighted by molar-refractivity contribution is 0.293. The van der Waals surface area contributed by atoms with E-state index in [1.54, 1.807) is 0 Å². The zero-order valence-electron chi connectivity index (χ0n) is 11.3. The Morgan fingerprint density at radius 1 is 0.875 bits per heavy atom. The van der Waals surface area contributed by atoms with E-state index in [4.69, 9.17) is 23.2 Å². The second kappa shape index (κ2) is 5.60. The smallest absolute Gasteiger partial charge is 0.101 e. The van der Waals surface area contributed by atoms with Gasteiger partial charge in [0.25, 0.3) is 0 Å². The highest BCUT2D eigenvalue weighted by Crippen LogP contribution is 2.48. The Hall–Kier alpha value is 0.0600. The third-order valence-corrected chi connectivity index (χ3v) is 4.20. The summed E-state index contributed by atoms with van der Waals surface area (Å²) in [6, 6.07) is 0. The predicted octanol–water partition coefficient (Wildman–Crippen LogP) is 5.76. The molecule has 0 aliphatic heterocycles. The Kier molecular flexibility index (Phi) is 5.62. The van der Waals surface area contributed by atoms with Crippen LogP contribution in [0.3, 0.4) is 0 Å². The first-order valence-corrected chi connectivity index (χ1v) is 6.49. The zero-order valence-corrected chi connectivity index (χ0v) is 12.8. The van der Waals surface area contributed by atoms with Gasteiger partial charge in [0, 0.05) is 5.41 Å². The largest absolute Gasteiger partial charge is 0.124 e. The van der Waals surface area contributed by atoms with Crippen molar-refractivity contribution >= 4 is 23.2 Å². The summed E-state index contributed by atoms with van der Waals surface area (Å²) in [4.78, 5) is 0. The first-order valence-electron chi connectivity index (χ1n) is 5.73. The summed E-state index contributed by atoms with van der Waals surface area (Å²) in [5.74, 6) is 0. The molecule has 0 bridgehead atoms. The van der Waals surface area contributed by atoms with Crippen LogP contribution in [0.2, 0.25) is 0 Å². The molecule has 16 heavy (non-hydrogen) atoms. The summed E-state index contributed by atoms with van der Waals surface area (Å²) in [5.41, 5.74) is -0.221. The van der Waals surface area contributed by atoms with Crippen LogP contribution in [0.4, 0.5) is 0 Å². The second-order valence-electron chi connectivity index (χ2n) is 5.64. The quantitative estimate of drug-likeness (QED) is 0.447. The van der Waals surface area contributed by atoms with Gasteiger partial charge in [-0.15, -0.1) is 23.2 Å². The van der Waals surface area contributed by atoms with Crippen molar-refractivity contribution < 1.29 is 0 Å². The van der Waals surface area contributed by atoms with Crippen LogP contribution in [0, 0.1) is 10.8 Å². The Labute approximate surface area is 111 Å². The van der Waals surface area contributed by atoms with Crippen LogP contribution < -0.4 is 0 Å². The number of hydrogen-bond donors (Lipinski definition) is 0. The van der Waals surface area contributed by atoms with Crippen LogP contribution in [0.5, 0.6) is 0 Å². The molecule has 0 atom stereocenters. The topological polar surface area (TPSA) is 0 Å². The van der Waals surface area contributed by atoms with Crippen LogP contribution in [-0.4, -0.2) is 4.33 Å². The van der Waals surface area contributed by atoms with Gasteiger partial charge in [-0.25, -0.2) is 0 Å². The molecule has 0 rings (SSSR count). The fraction of sp³-hybridized carbons (Fsp3) is 0.714. The molecule has 94 valence electrons. The van der Waals surface area contributed by atoms with Gasteiger partial charge in [0.05, 0.1) is 0 Å². The number of allylic oxidation sites excluding steroid dienone is 4. The maximum atomic E-state index is 6.47. The molecule has 0 unspecified atom stereocenters. The maximum absolute atomic E-state index is 6.47. The van der Waals surface area contributed by atoms with Gasteiger partial charge in [-0.1, -0.05) is 52.0 Å². The minimum atomic E-state index is -0.735. The van der Waals surface area contributed by atoms with Crippen molar-refractivity contribution in [3.8, 4) is 0 Å². The third-order valence-electron chi connectivity index (χ3n) is 2.80. The fourth-order valence-corrected chi connectivity index (χ4v) is 2.25. The van der Waals surface area contributed by atoms with Gasteiger partial charge in [-0.3, -0.25) is 0 Å². The highest BCUT2D eigenvalue weighted by molar-refractivity contribution is 6.49. The minimum absolute atomic E-state index is 0.0831. The lowest BCUT2D eigenvalue weighted by Crippen LogP contribution is -2.36. The molecule has 0 heterocycles. The molecule has 0 aliphatic rings. The first-order chi connectivity index (χ1) is 7.08. The molecule has 0 aromatic carbocycles. The Balaban J connectivity index is 5.04. The molecule has 0 aromatic heterocycles. The Morgan fingerprint density at radius 3 is 1.50 bits per heavy atom. The van der Waals surface area contributed by atoms with Gasteiger partial charge in [0.1, 0.15) is 4.33 Å². The Morgan fingerprint density at radius 2 is 1.25 bits per heavy atom. The van der Waals surface area contributed by atoms with E-state index in [9.17, 15) is 0 Å². The molecule has 0 saturated carbocycles. The van der Waals surface area contributed by atoms with E-state index >= 15 is 0 Å². The molecule has 0 fully saturated rings. The van der Waals surface area contributed by atoms with Crippen molar-refractivity contribution in [2.75, 3.05) is 0 Å². The van der Waals surface area contributed by atoms with Crippen LogP contribution in [-0.2, 0) is 0 Å². The van der Waals surface area contributed by atoms with Crippen molar-refractivity contribution in [2.24, 2.45) is 10.8 Å². The second-order valence-corrected chi connectivity index (χ2v) is 7.12. The minimum Gasteiger partial charge on any atom is -0.101 e. The third kappa shape index (κ3) is 4.51. The predicted molar refractivity (Wildman–Crippen MR) is 76.2 cm³/mol. The summed E-state index contributed by atoms with van der Waals surface area (Å²) in [6.07, 6.45) is 9.11. The van der Waals surface area contributed by atoms with E-state index in [2.05, 4.69) is 39.8 Å². The molecule has 0 N–H and O–H groups in total. The molecule has 0 saturated heterocycles. The number of alkyl halides is 2. The molecule has 0 aliphatic carbocycles. The zero-order chi connectivity index (χ0) is 13.0. The molecular weight excluding hydrogens is 239 g/mol. The molecule has 0 aromatic rings. The van der Waals surface area contributed by atoms with E-state index in [1.807, 2.05) is 26.0 Å². The molecule has 2 heteroatoms. The molecule has 0 nitrogen and oxygen atoms in total. The van der Waals surface area contributed by atoms with Crippen molar-refractivity contribution in [1.29, 1.82) is 0 Å². The van der Waals surface area contributed by atoms with Crippen LogP contribution >= 0.6 is 23.2 Å². The van der Waals surface area contributed by atoms with Gasteiger partial charge in [0.2, 0.25) is 0 Å². The monoisotopic (exact) mass is 262 g/mol. The standard InChI is InChI=1S/C14H24Cl2/c1-7-9-13(6,10-8-2)11-14(15,16)12(3,4)5/h7-10H,11H2,1-6H3. The van der Waals surface area contributed by atoms with Crippen molar-refractivity contribution in [2.45, 2.75) is 52.3 Å². The Bertz CT molecular complexity index is 255. The average molecular weight is 263 g/mol. The van der Waals surface area contributed by atoms with Crippen molar-refractivity contribution in [3.05, 3.63) is 24.3 Å². The van der Waals surface area contributed by atoms with E-state index in [-0.39, 0.29) is 10.8 Å². The van der Waals surface area contributed by atoms with Gasteiger partial charge in [-0.2, -0.15) is 0 Å². The van der Waals surface area contributed by atoms with Gasteiger partial charge in [-0.05, 0) is 25.7 Å². The summed E-state index contributed by atoms with van der Waals surface area (Å²) in [5, 5.41) is 0. The SMILES string of the molecule is CC=CC(C)(C=CC)CC(Cl)(Cl)C(C)(C)C. The van der Waals surface area contributed by atoms with Gasteiger partial charge in [0.15, 0.2) is 0 Å². The molecule has 0 radical (unpaired) electrons. The first kappa shape index (κ1) is 16.1. The number of hydrogen-bond acceptors (Lipinski definition) is 0. The molecule has 0 amide bonds. The lowest BCUT2D eigenvalue weighted by atomic mass is 9.77. The molecule has 0 spiro atoms. The lowest BCUT2D eigenvalue weighted by Gasteiger charge is -2.39. The van der Waals surface area contributed by atoms with Crippen LogP contribution in [0.1, 0.15) is 48.0 Å². The summed E-state index contributed by atoms with van der Waals surface area (Å²) in [7, 11) is 0. The normalized spacial score (nSPS) is 18.2. The summed E-state index contributed by atoms with van der Waals surface area (Å²) >= 11 is 12.9. The summed E-state index contributed by atoms with van der Waals surface area (Å²) in [6.45, 7) is 12.4. The van der Waals surface area contributed by atoms with Gasteiger partial charge >= 0.3 is 0 Å². The van der Waals surface area contributed by atoms with Crippen molar-refractivity contribution in [3.63, 3.8) is 0 Å². The van der Waals surface area contributed by atoms with Crippen LogP contribution in [0.25, 0.3) is 0 Å². The average Bonchev–Trinajstić information content (AvgIpc) is 2.00. The van der Waals surface area contributed by atoms with E-state index < -0.39 is 4.33 Å².